The van der Waals surface area contributed by atoms with Crippen LogP contribution in [0.5, 0.6) is 0 Å². The number of nitrogens with one attached hydrogen (secondary N) is 3. The van der Waals surface area contributed by atoms with Gasteiger partial charge in [-0.05, 0) is 55.3 Å². The number of carboxylic acids is 1. The lowest BCUT2D eigenvalue weighted by Crippen LogP contribution is -2.43. The summed E-state index contributed by atoms with van der Waals surface area (Å²) in [6.07, 6.45) is -0.862. The SMILES string of the molecule is O=C(NC1CCCC1)c1ccc(N2CCNCC2)c(NS(=O)(=O)c2ccc(Cl)cc2)c1.O=C(O)C(F)(F)F. The topological polar surface area (TPSA) is 128 Å². The average Bonchev–Trinajstić information content (AvgIpc) is 3.37. The van der Waals surface area contributed by atoms with Crippen molar-refractivity contribution >= 4 is 44.9 Å². The molecular weight excluding hydrogens is 549 g/mol. The number of carbonyl (C=O) groups is 2. The summed E-state index contributed by atoms with van der Waals surface area (Å²) >= 11 is 5.90. The maximum Gasteiger partial charge on any atom is 0.490 e. The molecule has 1 amide bonds. The van der Waals surface area contributed by atoms with Gasteiger partial charge in [-0.25, -0.2) is 13.2 Å². The van der Waals surface area contributed by atoms with Crippen molar-refractivity contribution in [3.63, 3.8) is 0 Å². The van der Waals surface area contributed by atoms with Gasteiger partial charge in [-0.15, -0.1) is 0 Å². The first kappa shape index (κ1) is 29.5. The lowest BCUT2D eigenvalue weighted by molar-refractivity contribution is -0.192. The Labute approximate surface area is 223 Å². The van der Waals surface area contributed by atoms with Gasteiger partial charge in [0.2, 0.25) is 0 Å². The molecule has 1 saturated carbocycles. The quantitative estimate of drug-likeness (QED) is 0.411. The molecule has 1 saturated heterocycles. The van der Waals surface area contributed by atoms with Crippen molar-refractivity contribution in [1.82, 2.24) is 10.6 Å². The number of benzene rings is 2. The standard InChI is InChI=1S/C22H27ClN4O3S.C2HF3O2/c23-17-6-8-19(9-7-17)31(29,30)26-20-15-16(22(28)25-18-3-1-2-4-18)5-10-21(20)27-13-11-24-12-14-27;3-2(4,5)1(6)7/h5-10,15,18,24,26H,1-4,11-14H2,(H,25,28);(H,6,7). The highest BCUT2D eigenvalue weighted by Gasteiger charge is 2.38. The van der Waals surface area contributed by atoms with Gasteiger partial charge in [0.1, 0.15) is 0 Å². The van der Waals surface area contributed by atoms with Crippen LogP contribution in [0.4, 0.5) is 24.5 Å². The summed E-state index contributed by atoms with van der Waals surface area (Å²) in [4.78, 5) is 23.9. The predicted molar refractivity (Wildman–Crippen MR) is 137 cm³/mol. The normalized spacial score (nSPS) is 16.4. The molecule has 2 fully saturated rings. The Bertz CT molecular complexity index is 1230. The molecule has 2 aromatic carbocycles. The number of hydrogen-bond donors (Lipinski definition) is 4. The van der Waals surface area contributed by atoms with E-state index in [1.165, 1.54) is 12.1 Å². The van der Waals surface area contributed by atoms with Gasteiger partial charge in [0.05, 0.1) is 16.3 Å². The second kappa shape index (κ2) is 12.7. The molecule has 2 aliphatic rings. The Morgan fingerprint density at radius 3 is 2.16 bits per heavy atom. The summed E-state index contributed by atoms with van der Waals surface area (Å²) in [5.41, 5.74) is 1.60. The van der Waals surface area contributed by atoms with Crippen LogP contribution in [0.25, 0.3) is 0 Å². The van der Waals surface area contributed by atoms with Crippen LogP contribution >= 0.6 is 11.6 Å². The van der Waals surface area contributed by atoms with Crippen LogP contribution < -0.4 is 20.3 Å². The molecule has 14 heteroatoms. The van der Waals surface area contributed by atoms with Gasteiger partial charge < -0.3 is 20.6 Å². The number of carboxylic acid groups (broad SMARTS) is 1. The third-order valence-electron chi connectivity index (χ3n) is 6.02. The molecule has 4 N–H and O–H groups in total. The van der Waals surface area contributed by atoms with E-state index in [2.05, 4.69) is 20.3 Å². The van der Waals surface area contributed by atoms with Crippen molar-refractivity contribution in [2.24, 2.45) is 0 Å². The summed E-state index contributed by atoms with van der Waals surface area (Å²) in [5.74, 6) is -2.93. The minimum Gasteiger partial charge on any atom is -0.475 e. The number of amides is 1. The van der Waals surface area contributed by atoms with E-state index in [4.69, 9.17) is 21.5 Å². The highest BCUT2D eigenvalue weighted by Crippen LogP contribution is 2.30. The molecule has 9 nitrogen and oxygen atoms in total. The highest BCUT2D eigenvalue weighted by molar-refractivity contribution is 7.92. The molecule has 1 heterocycles. The van der Waals surface area contributed by atoms with Crippen molar-refractivity contribution in [3.8, 4) is 0 Å². The third-order valence-corrected chi connectivity index (χ3v) is 7.65. The molecule has 1 aliphatic heterocycles. The molecule has 208 valence electrons. The van der Waals surface area contributed by atoms with E-state index in [1.54, 1.807) is 24.3 Å². The number of aliphatic carboxylic acids is 1. The van der Waals surface area contributed by atoms with Gasteiger partial charge in [0.25, 0.3) is 15.9 Å². The van der Waals surface area contributed by atoms with Crippen molar-refractivity contribution in [3.05, 3.63) is 53.1 Å². The number of hydrogen-bond acceptors (Lipinski definition) is 6. The predicted octanol–water partition coefficient (Wildman–Crippen LogP) is 3.86. The number of halogens is 4. The van der Waals surface area contributed by atoms with Crippen molar-refractivity contribution in [1.29, 1.82) is 0 Å². The summed E-state index contributed by atoms with van der Waals surface area (Å²) in [7, 11) is -3.84. The number of alkyl halides is 3. The second-order valence-corrected chi connectivity index (χ2v) is 10.9. The van der Waals surface area contributed by atoms with E-state index in [0.717, 1.165) is 57.5 Å². The fourth-order valence-corrected chi connectivity index (χ4v) is 5.29. The highest BCUT2D eigenvalue weighted by atomic mass is 35.5. The fraction of sp³-hybridized carbons (Fsp3) is 0.417. The molecule has 2 aromatic rings. The first-order valence-electron chi connectivity index (χ1n) is 11.9. The first-order chi connectivity index (χ1) is 17.9. The Morgan fingerprint density at radius 1 is 1.03 bits per heavy atom. The molecule has 0 atom stereocenters. The molecule has 0 spiro atoms. The summed E-state index contributed by atoms with van der Waals surface area (Å²) < 4.78 is 60.5. The van der Waals surface area contributed by atoms with E-state index in [9.17, 15) is 26.4 Å². The van der Waals surface area contributed by atoms with Crippen LogP contribution in [0.2, 0.25) is 5.02 Å². The Balaban J connectivity index is 0.000000505. The third kappa shape index (κ3) is 8.23. The Hall–Kier alpha value is -3.03. The summed E-state index contributed by atoms with van der Waals surface area (Å²) in [6, 6.07) is 11.4. The second-order valence-electron chi connectivity index (χ2n) is 8.79. The monoisotopic (exact) mass is 576 g/mol. The van der Waals surface area contributed by atoms with Crippen molar-refractivity contribution in [2.75, 3.05) is 35.8 Å². The Morgan fingerprint density at radius 2 is 1.61 bits per heavy atom. The fourth-order valence-electron chi connectivity index (χ4n) is 4.10. The van der Waals surface area contributed by atoms with E-state index in [-0.39, 0.29) is 16.8 Å². The van der Waals surface area contributed by atoms with E-state index in [0.29, 0.717) is 16.3 Å². The number of carbonyl (C=O) groups excluding carboxylic acids is 1. The lowest BCUT2D eigenvalue weighted by atomic mass is 10.1. The maximum atomic E-state index is 13.0. The first-order valence-corrected chi connectivity index (χ1v) is 13.7. The molecule has 38 heavy (non-hydrogen) atoms. The van der Waals surface area contributed by atoms with E-state index < -0.39 is 22.2 Å². The van der Waals surface area contributed by atoms with Gasteiger partial charge >= 0.3 is 12.1 Å². The van der Waals surface area contributed by atoms with Crippen LogP contribution in [0.3, 0.4) is 0 Å². The van der Waals surface area contributed by atoms with E-state index in [1.807, 2.05) is 6.07 Å². The van der Waals surface area contributed by atoms with Gasteiger partial charge in [0.15, 0.2) is 0 Å². The molecule has 0 aromatic heterocycles. The zero-order valence-electron chi connectivity index (χ0n) is 20.2. The molecule has 1 aliphatic carbocycles. The minimum atomic E-state index is -5.08. The smallest absolute Gasteiger partial charge is 0.475 e. The van der Waals surface area contributed by atoms with Crippen molar-refractivity contribution < 1.29 is 36.3 Å². The minimum absolute atomic E-state index is 0.115. The van der Waals surface area contributed by atoms with Gasteiger partial charge in [-0.3, -0.25) is 9.52 Å². The maximum absolute atomic E-state index is 13.0. The van der Waals surface area contributed by atoms with Crippen LogP contribution in [-0.2, 0) is 14.8 Å². The number of anilines is 2. The van der Waals surface area contributed by atoms with Crippen LogP contribution in [0.15, 0.2) is 47.4 Å². The molecule has 4 rings (SSSR count). The number of nitrogens with zero attached hydrogens (tertiary/aromatic N) is 1. The van der Waals surface area contributed by atoms with Gasteiger partial charge in [-0.2, -0.15) is 13.2 Å². The average molecular weight is 577 g/mol. The van der Waals surface area contributed by atoms with E-state index >= 15 is 0 Å². The number of piperazine rings is 1. The van der Waals surface area contributed by atoms with Gasteiger partial charge in [-0.1, -0.05) is 24.4 Å². The Kier molecular flexibility index (Phi) is 9.85. The van der Waals surface area contributed by atoms with Crippen LogP contribution in [-0.4, -0.2) is 63.8 Å². The number of sulfonamides is 1. The van der Waals surface area contributed by atoms with Crippen LogP contribution in [0, 0.1) is 0 Å². The largest absolute Gasteiger partial charge is 0.490 e. The number of rotatable bonds is 6. The van der Waals surface area contributed by atoms with Gasteiger partial charge in [0, 0.05) is 42.8 Å². The van der Waals surface area contributed by atoms with Crippen molar-refractivity contribution in [2.45, 2.75) is 42.8 Å². The summed E-state index contributed by atoms with van der Waals surface area (Å²) in [5, 5.41) is 14.0. The lowest BCUT2D eigenvalue weighted by Gasteiger charge is -2.31. The summed E-state index contributed by atoms with van der Waals surface area (Å²) in [6.45, 7) is 3.13. The van der Waals surface area contributed by atoms with Crippen LogP contribution in [0.1, 0.15) is 36.0 Å². The molecular formula is C24H28ClF3N4O5S. The molecule has 0 radical (unpaired) electrons. The molecule has 0 unspecified atom stereocenters. The molecule has 0 bridgehead atoms. The zero-order chi connectivity index (χ0) is 27.9. The zero-order valence-corrected chi connectivity index (χ0v) is 21.8.